The van der Waals surface area contributed by atoms with Crippen LogP contribution in [0.3, 0.4) is 0 Å². The number of carbonyl (C=O) groups is 2. The molecule has 3 rings (SSSR count). The zero-order chi connectivity index (χ0) is 21.0. The Balaban J connectivity index is 1.93. The van der Waals surface area contributed by atoms with Crippen molar-refractivity contribution in [3.63, 3.8) is 0 Å². The van der Waals surface area contributed by atoms with Crippen molar-refractivity contribution >= 4 is 11.8 Å². The van der Waals surface area contributed by atoms with E-state index in [4.69, 9.17) is 9.47 Å². The summed E-state index contributed by atoms with van der Waals surface area (Å²) in [6.45, 7) is 9.27. The number of hydrogen-bond donors (Lipinski definition) is 1. The van der Waals surface area contributed by atoms with Crippen molar-refractivity contribution < 1.29 is 19.1 Å². The summed E-state index contributed by atoms with van der Waals surface area (Å²) in [5, 5.41) is 3.34. The molecule has 156 valence electrons. The Morgan fingerprint density at radius 2 is 1.93 bits per heavy atom. The number of nitrogens with one attached hydrogen (secondary N) is 1. The molecule has 1 aromatic heterocycles. The van der Waals surface area contributed by atoms with Crippen LogP contribution in [0.5, 0.6) is 0 Å². The summed E-state index contributed by atoms with van der Waals surface area (Å²) in [6, 6.07) is 3.72. The zero-order valence-electron chi connectivity index (χ0n) is 17.7. The number of ketones is 1. The third kappa shape index (κ3) is 4.75. The number of aromatic nitrogens is 1. The average Bonchev–Trinajstić information content (AvgIpc) is 2.66. The molecule has 0 saturated carbocycles. The van der Waals surface area contributed by atoms with Gasteiger partial charge >= 0.3 is 5.97 Å². The molecule has 0 bridgehead atoms. The van der Waals surface area contributed by atoms with Gasteiger partial charge in [-0.2, -0.15) is 0 Å². The van der Waals surface area contributed by atoms with E-state index >= 15 is 0 Å². The molecule has 0 spiro atoms. The summed E-state index contributed by atoms with van der Waals surface area (Å²) in [4.78, 5) is 30.2. The number of rotatable bonds is 7. The summed E-state index contributed by atoms with van der Waals surface area (Å²) >= 11 is 0. The predicted molar refractivity (Wildman–Crippen MR) is 110 cm³/mol. The lowest BCUT2D eigenvalue weighted by Gasteiger charge is -2.39. The van der Waals surface area contributed by atoms with Gasteiger partial charge in [-0.3, -0.25) is 9.78 Å². The fraction of sp³-hybridized carbons (Fsp3) is 0.522. The molecule has 2 aliphatic rings. The lowest BCUT2D eigenvalue weighted by atomic mass is 9.69. The number of nitrogens with zero attached hydrogens (tertiary/aromatic N) is 1. The molecule has 1 N–H and O–H groups in total. The molecule has 1 atom stereocenters. The minimum Gasteiger partial charge on any atom is -0.460 e. The molecule has 2 heterocycles. The first kappa shape index (κ1) is 21.2. The number of esters is 1. The quantitative estimate of drug-likeness (QED) is 0.558. The third-order valence-corrected chi connectivity index (χ3v) is 5.31. The van der Waals surface area contributed by atoms with Crippen LogP contribution in [0.2, 0.25) is 0 Å². The van der Waals surface area contributed by atoms with Gasteiger partial charge in [-0.15, -0.1) is 0 Å². The Labute approximate surface area is 172 Å². The fourth-order valence-electron chi connectivity index (χ4n) is 4.11. The largest absolute Gasteiger partial charge is 0.460 e. The normalized spacial score (nSPS) is 21.0. The van der Waals surface area contributed by atoms with Crippen LogP contribution in [0, 0.1) is 5.41 Å². The monoisotopic (exact) mass is 398 g/mol. The Morgan fingerprint density at radius 3 is 2.62 bits per heavy atom. The van der Waals surface area contributed by atoms with Gasteiger partial charge in [-0.25, -0.2) is 4.79 Å². The molecule has 0 aromatic carbocycles. The second-order valence-corrected chi connectivity index (χ2v) is 8.46. The molecule has 0 unspecified atom stereocenters. The topological polar surface area (TPSA) is 77.5 Å². The number of dihydropyridines is 1. The number of hydrogen-bond acceptors (Lipinski definition) is 6. The van der Waals surface area contributed by atoms with E-state index in [1.807, 2.05) is 26.0 Å². The van der Waals surface area contributed by atoms with Crippen molar-refractivity contribution in [1.29, 1.82) is 0 Å². The molecular formula is C23H30N2O4. The molecule has 6 nitrogen and oxygen atoms in total. The summed E-state index contributed by atoms with van der Waals surface area (Å²) in [5.41, 5.74) is 3.56. The highest BCUT2D eigenvalue weighted by Gasteiger charge is 2.43. The van der Waals surface area contributed by atoms with Crippen molar-refractivity contribution in [2.45, 2.75) is 52.9 Å². The van der Waals surface area contributed by atoms with Gasteiger partial charge in [0.15, 0.2) is 5.78 Å². The van der Waals surface area contributed by atoms with E-state index in [0.717, 1.165) is 29.8 Å². The van der Waals surface area contributed by atoms with E-state index in [2.05, 4.69) is 24.1 Å². The van der Waals surface area contributed by atoms with E-state index < -0.39 is 11.9 Å². The van der Waals surface area contributed by atoms with Crippen LogP contribution in [0.15, 0.2) is 47.1 Å². The van der Waals surface area contributed by atoms with Crippen LogP contribution < -0.4 is 5.32 Å². The van der Waals surface area contributed by atoms with Crippen LogP contribution in [-0.4, -0.2) is 36.6 Å². The van der Waals surface area contributed by atoms with Crippen molar-refractivity contribution in [1.82, 2.24) is 10.3 Å². The van der Waals surface area contributed by atoms with Crippen molar-refractivity contribution in [3.8, 4) is 0 Å². The lowest BCUT2D eigenvalue weighted by Crippen LogP contribution is -2.38. The van der Waals surface area contributed by atoms with Gasteiger partial charge in [0.05, 0.1) is 12.2 Å². The lowest BCUT2D eigenvalue weighted by molar-refractivity contribution is -0.141. The first-order chi connectivity index (χ1) is 13.8. The van der Waals surface area contributed by atoms with Crippen LogP contribution in [0.4, 0.5) is 0 Å². The molecule has 1 aromatic rings. The van der Waals surface area contributed by atoms with E-state index in [-0.39, 0.29) is 17.8 Å². The number of Topliss-reactive ketones (excluding diaryl/α,β-unsaturated/α-hetero) is 1. The first-order valence-electron chi connectivity index (χ1n) is 10.2. The molecule has 0 radical (unpaired) electrons. The zero-order valence-corrected chi connectivity index (χ0v) is 17.7. The summed E-state index contributed by atoms with van der Waals surface area (Å²) in [6.07, 6.45) is 5.51. The number of carbonyl (C=O) groups excluding carboxylic acids is 2. The van der Waals surface area contributed by atoms with Gasteiger partial charge in [0.2, 0.25) is 0 Å². The maximum Gasteiger partial charge on any atom is 0.336 e. The van der Waals surface area contributed by atoms with E-state index in [9.17, 15) is 9.59 Å². The van der Waals surface area contributed by atoms with Crippen molar-refractivity contribution in [2.75, 3.05) is 19.8 Å². The number of ether oxygens (including phenoxy) is 2. The van der Waals surface area contributed by atoms with E-state index in [1.165, 1.54) is 0 Å². The summed E-state index contributed by atoms with van der Waals surface area (Å²) in [5.74, 6) is -0.780. The van der Waals surface area contributed by atoms with Gasteiger partial charge in [-0.05, 0) is 42.9 Å². The maximum atomic E-state index is 13.1. The van der Waals surface area contributed by atoms with Gasteiger partial charge in [0.25, 0.3) is 0 Å². The van der Waals surface area contributed by atoms with Crippen LogP contribution in [0.25, 0.3) is 0 Å². The smallest absolute Gasteiger partial charge is 0.336 e. The standard InChI is InChI=1S/C23H30N2O4/c1-5-10-28-11-12-29-22(27)19-15(2)25-17-13-23(3,4)14-18(26)21(17)20(19)16-6-8-24-9-7-16/h6-9,20,25H,5,10-14H2,1-4H3/t20-/m0/s1. The maximum absolute atomic E-state index is 13.1. The van der Waals surface area contributed by atoms with Crippen molar-refractivity contribution in [3.05, 3.63) is 52.6 Å². The van der Waals surface area contributed by atoms with Gasteiger partial charge < -0.3 is 14.8 Å². The van der Waals surface area contributed by atoms with Crippen LogP contribution >= 0.6 is 0 Å². The van der Waals surface area contributed by atoms with Crippen molar-refractivity contribution in [2.24, 2.45) is 5.41 Å². The van der Waals surface area contributed by atoms with E-state index in [1.54, 1.807) is 12.4 Å². The number of pyridine rings is 1. The van der Waals surface area contributed by atoms with E-state index in [0.29, 0.717) is 30.8 Å². The highest BCUT2D eigenvalue weighted by atomic mass is 16.6. The highest BCUT2D eigenvalue weighted by molar-refractivity contribution is 6.04. The van der Waals surface area contributed by atoms with Gasteiger partial charge in [-0.1, -0.05) is 20.8 Å². The Kier molecular flexibility index (Phi) is 6.52. The second kappa shape index (κ2) is 8.91. The van der Waals surface area contributed by atoms with Crippen LogP contribution in [-0.2, 0) is 19.1 Å². The molecule has 1 aliphatic heterocycles. The fourth-order valence-corrected chi connectivity index (χ4v) is 4.11. The molecule has 0 amide bonds. The number of allylic oxidation sites excluding steroid dienone is 3. The molecule has 1 aliphatic carbocycles. The molecule has 29 heavy (non-hydrogen) atoms. The minimum absolute atomic E-state index is 0.0784. The predicted octanol–water partition coefficient (Wildman–Crippen LogP) is 3.66. The second-order valence-electron chi connectivity index (χ2n) is 8.46. The molecule has 0 fully saturated rings. The molecular weight excluding hydrogens is 368 g/mol. The van der Waals surface area contributed by atoms with Crippen LogP contribution in [0.1, 0.15) is 58.4 Å². The Bertz CT molecular complexity index is 840. The average molecular weight is 399 g/mol. The highest BCUT2D eigenvalue weighted by Crippen LogP contribution is 2.46. The SMILES string of the molecule is CCCOCCOC(=O)C1=C(C)NC2=C(C(=O)CC(C)(C)C2)[C@H]1c1ccncc1. The Morgan fingerprint density at radius 1 is 1.21 bits per heavy atom. The first-order valence-corrected chi connectivity index (χ1v) is 10.2. The van der Waals surface area contributed by atoms with Gasteiger partial charge in [0.1, 0.15) is 6.61 Å². The molecule has 6 heteroatoms. The van der Waals surface area contributed by atoms with Gasteiger partial charge in [0, 0.05) is 48.3 Å². The summed E-state index contributed by atoms with van der Waals surface area (Å²) < 4.78 is 10.9. The molecule has 0 saturated heterocycles. The Hall–Kier alpha value is -2.47. The summed E-state index contributed by atoms with van der Waals surface area (Å²) in [7, 11) is 0. The third-order valence-electron chi connectivity index (χ3n) is 5.31. The minimum atomic E-state index is -0.443.